The lowest BCUT2D eigenvalue weighted by Gasteiger charge is -2.06. The number of fused-ring (bicyclic) bond motifs is 1. The summed E-state index contributed by atoms with van der Waals surface area (Å²) in [6, 6.07) is 6.62. The van der Waals surface area contributed by atoms with Crippen LogP contribution in [0.25, 0.3) is 10.1 Å². The third-order valence-corrected chi connectivity index (χ3v) is 3.44. The molecule has 0 radical (unpaired) electrons. The Balaban J connectivity index is 2.38. The highest BCUT2D eigenvalue weighted by molar-refractivity contribution is 7.19. The van der Waals surface area contributed by atoms with Gasteiger partial charge in [-0.25, -0.2) is 4.39 Å². The van der Waals surface area contributed by atoms with Crippen LogP contribution in [0.1, 0.15) is 10.9 Å². The molecule has 2 nitrogen and oxygen atoms in total. The van der Waals surface area contributed by atoms with E-state index < -0.39 is 0 Å². The van der Waals surface area contributed by atoms with Crippen molar-refractivity contribution in [1.29, 1.82) is 0 Å². The first-order valence-corrected chi connectivity index (χ1v) is 5.46. The van der Waals surface area contributed by atoms with E-state index in [0.717, 1.165) is 15.0 Å². The van der Waals surface area contributed by atoms with Crippen LogP contribution in [0, 0.1) is 5.82 Å². The zero-order valence-electron chi connectivity index (χ0n) is 8.37. The first-order valence-electron chi connectivity index (χ1n) is 4.64. The molecular weight excluding hydrogens is 213 g/mol. The minimum atomic E-state index is -0.212. The molecule has 0 aliphatic heterocycles. The SMILES string of the molecule is COCC(N)c1cc2ccc(F)cc2s1. The Hall–Kier alpha value is -0.970. The minimum Gasteiger partial charge on any atom is -0.383 e. The fourth-order valence-corrected chi connectivity index (χ4v) is 2.55. The van der Waals surface area contributed by atoms with Crippen LogP contribution in [-0.2, 0) is 4.74 Å². The third-order valence-electron chi connectivity index (χ3n) is 2.21. The van der Waals surface area contributed by atoms with Crippen molar-refractivity contribution < 1.29 is 9.13 Å². The summed E-state index contributed by atoms with van der Waals surface area (Å²) in [6.07, 6.45) is 0. The number of hydrogen-bond acceptors (Lipinski definition) is 3. The van der Waals surface area contributed by atoms with Gasteiger partial charge in [0.1, 0.15) is 5.82 Å². The number of methoxy groups -OCH3 is 1. The van der Waals surface area contributed by atoms with Gasteiger partial charge in [-0.2, -0.15) is 0 Å². The van der Waals surface area contributed by atoms with Gasteiger partial charge in [0.2, 0.25) is 0 Å². The number of benzene rings is 1. The Kier molecular flexibility index (Phi) is 3.00. The van der Waals surface area contributed by atoms with Crippen molar-refractivity contribution in [2.24, 2.45) is 5.73 Å². The van der Waals surface area contributed by atoms with Crippen LogP contribution < -0.4 is 5.73 Å². The molecule has 1 heterocycles. The molecule has 2 rings (SSSR count). The van der Waals surface area contributed by atoms with E-state index >= 15 is 0 Å². The maximum Gasteiger partial charge on any atom is 0.124 e. The lowest BCUT2D eigenvalue weighted by molar-refractivity contribution is 0.182. The van der Waals surface area contributed by atoms with E-state index in [9.17, 15) is 4.39 Å². The molecule has 0 bridgehead atoms. The topological polar surface area (TPSA) is 35.2 Å². The smallest absolute Gasteiger partial charge is 0.124 e. The summed E-state index contributed by atoms with van der Waals surface area (Å²) >= 11 is 1.51. The van der Waals surface area contributed by atoms with E-state index in [2.05, 4.69) is 0 Å². The van der Waals surface area contributed by atoms with Gasteiger partial charge in [0, 0.05) is 16.7 Å². The largest absolute Gasteiger partial charge is 0.383 e. The molecule has 0 aliphatic carbocycles. The van der Waals surface area contributed by atoms with Crippen molar-refractivity contribution in [3.05, 3.63) is 35.0 Å². The molecule has 0 amide bonds. The number of hydrogen-bond donors (Lipinski definition) is 1. The van der Waals surface area contributed by atoms with E-state index in [1.54, 1.807) is 13.2 Å². The fourth-order valence-electron chi connectivity index (χ4n) is 1.47. The zero-order valence-corrected chi connectivity index (χ0v) is 9.18. The van der Waals surface area contributed by atoms with Gasteiger partial charge in [-0.15, -0.1) is 11.3 Å². The minimum absolute atomic E-state index is 0.129. The standard InChI is InChI=1S/C11H12FNOS/c1-14-6-9(13)11-4-7-2-3-8(12)5-10(7)15-11/h2-5,9H,6,13H2,1H3. The van der Waals surface area contributed by atoms with Crippen LogP contribution in [0.15, 0.2) is 24.3 Å². The summed E-state index contributed by atoms with van der Waals surface area (Å²) in [6.45, 7) is 0.481. The number of nitrogens with two attached hydrogens (primary N) is 1. The molecule has 0 fully saturated rings. The van der Waals surface area contributed by atoms with E-state index in [4.69, 9.17) is 10.5 Å². The summed E-state index contributed by atoms with van der Waals surface area (Å²) < 4.78 is 18.9. The summed E-state index contributed by atoms with van der Waals surface area (Å²) in [5, 5.41) is 1.03. The second-order valence-electron chi connectivity index (χ2n) is 3.39. The predicted molar refractivity (Wildman–Crippen MR) is 60.6 cm³/mol. The molecule has 1 aromatic heterocycles. The van der Waals surface area contributed by atoms with Gasteiger partial charge in [-0.05, 0) is 23.6 Å². The summed E-state index contributed by atoms with van der Waals surface area (Å²) in [5.41, 5.74) is 5.90. The van der Waals surface area contributed by atoms with E-state index in [1.165, 1.54) is 23.5 Å². The van der Waals surface area contributed by atoms with E-state index in [-0.39, 0.29) is 11.9 Å². The molecule has 1 atom stereocenters. The molecule has 0 saturated heterocycles. The van der Waals surface area contributed by atoms with Crippen molar-refractivity contribution in [2.75, 3.05) is 13.7 Å². The molecule has 2 N–H and O–H groups in total. The molecule has 4 heteroatoms. The van der Waals surface area contributed by atoms with Gasteiger partial charge in [0.05, 0.1) is 12.6 Å². The maximum absolute atomic E-state index is 12.9. The molecule has 2 aromatic rings. The van der Waals surface area contributed by atoms with Crippen molar-refractivity contribution in [3.63, 3.8) is 0 Å². The quantitative estimate of drug-likeness (QED) is 0.871. The number of thiophene rings is 1. The van der Waals surface area contributed by atoms with Gasteiger partial charge >= 0.3 is 0 Å². The van der Waals surface area contributed by atoms with Crippen LogP contribution in [0.4, 0.5) is 4.39 Å². The Bertz CT molecular complexity index is 469. The Morgan fingerprint density at radius 3 is 3.00 bits per heavy atom. The Morgan fingerprint density at radius 1 is 1.47 bits per heavy atom. The van der Waals surface area contributed by atoms with Crippen molar-refractivity contribution >= 4 is 21.4 Å². The number of halogens is 1. The molecule has 1 unspecified atom stereocenters. The molecule has 1 aromatic carbocycles. The second kappa shape index (κ2) is 4.26. The fraction of sp³-hybridized carbons (Fsp3) is 0.273. The van der Waals surface area contributed by atoms with Crippen molar-refractivity contribution in [3.8, 4) is 0 Å². The average Bonchev–Trinajstić information content (AvgIpc) is 2.60. The highest BCUT2D eigenvalue weighted by Crippen LogP contribution is 2.29. The molecule has 0 saturated carbocycles. The van der Waals surface area contributed by atoms with Crippen LogP contribution in [-0.4, -0.2) is 13.7 Å². The molecule has 0 aliphatic rings. The van der Waals surface area contributed by atoms with Gasteiger partial charge in [0.25, 0.3) is 0 Å². The predicted octanol–water partition coefficient (Wildman–Crippen LogP) is 2.69. The maximum atomic E-state index is 12.9. The normalized spacial score (nSPS) is 13.3. The summed E-state index contributed by atoms with van der Waals surface area (Å²) in [4.78, 5) is 1.03. The van der Waals surface area contributed by atoms with E-state index in [1.807, 2.05) is 6.07 Å². The molecule has 0 spiro atoms. The highest BCUT2D eigenvalue weighted by Gasteiger charge is 2.09. The number of ether oxygens (including phenoxy) is 1. The number of rotatable bonds is 3. The lowest BCUT2D eigenvalue weighted by Crippen LogP contribution is -2.14. The van der Waals surface area contributed by atoms with Crippen LogP contribution in [0.2, 0.25) is 0 Å². The Morgan fingerprint density at radius 2 is 2.27 bits per heavy atom. The first-order chi connectivity index (χ1) is 7.20. The lowest BCUT2D eigenvalue weighted by atomic mass is 10.2. The monoisotopic (exact) mass is 225 g/mol. The summed E-state index contributed by atoms with van der Waals surface area (Å²) in [5.74, 6) is -0.212. The highest BCUT2D eigenvalue weighted by atomic mass is 32.1. The van der Waals surface area contributed by atoms with Gasteiger partial charge < -0.3 is 10.5 Å². The molecule has 15 heavy (non-hydrogen) atoms. The van der Waals surface area contributed by atoms with Crippen LogP contribution in [0.5, 0.6) is 0 Å². The van der Waals surface area contributed by atoms with E-state index in [0.29, 0.717) is 6.61 Å². The van der Waals surface area contributed by atoms with Gasteiger partial charge in [0.15, 0.2) is 0 Å². The first kappa shape index (κ1) is 10.5. The van der Waals surface area contributed by atoms with Crippen LogP contribution in [0.3, 0.4) is 0 Å². The van der Waals surface area contributed by atoms with Crippen LogP contribution >= 0.6 is 11.3 Å². The molecular formula is C11H12FNOS. The third kappa shape index (κ3) is 2.17. The summed E-state index contributed by atoms with van der Waals surface area (Å²) in [7, 11) is 1.62. The van der Waals surface area contributed by atoms with Crippen molar-refractivity contribution in [2.45, 2.75) is 6.04 Å². The second-order valence-corrected chi connectivity index (χ2v) is 4.51. The molecule has 80 valence electrons. The van der Waals surface area contributed by atoms with Gasteiger partial charge in [-0.3, -0.25) is 0 Å². The Labute approximate surface area is 91.5 Å². The average molecular weight is 225 g/mol. The van der Waals surface area contributed by atoms with Gasteiger partial charge in [-0.1, -0.05) is 6.07 Å². The van der Waals surface area contributed by atoms with Crippen molar-refractivity contribution in [1.82, 2.24) is 0 Å². The zero-order chi connectivity index (χ0) is 10.8.